The molecule has 0 atom stereocenters. The van der Waals surface area contributed by atoms with E-state index in [0.717, 1.165) is 0 Å². The lowest BCUT2D eigenvalue weighted by Gasteiger charge is -2.08. The van der Waals surface area contributed by atoms with E-state index >= 15 is 0 Å². The number of carbonyl (C=O) groups excluding carboxylic acids is 2. The molecule has 0 fully saturated rings. The molecule has 0 saturated heterocycles. The van der Waals surface area contributed by atoms with Gasteiger partial charge < -0.3 is 10.1 Å². The summed E-state index contributed by atoms with van der Waals surface area (Å²) >= 11 is 0. The van der Waals surface area contributed by atoms with E-state index < -0.39 is 17.7 Å². The minimum atomic E-state index is -0.560. The molecule has 1 aromatic carbocycles. The fourth-order valence-electron chi connectivity index (χ4n) is 2.42. The standard InChI is InChI=1S/C17H15FN4O3/c1-22-16-13(8-20-22)12(17(24)19-9-15(23)25-2)7-14(21-16)10-4-3-5-11(18)6-10/h3-8H,9H2,1-2H3,(H,19,24). The first-order valence-corrected chi connectivity index (χ1v) is 7.43. The summed E-state index contributed by atoms with van der Waals surface area (Å²) in [5, 5.41) is 7.13. The van der Waals surface area contributed by atoms with E-state index in [0.29, 0.717) is 27.9 Å². The summed E-state index contributed by atoms with van der Waals surface area (Å²) in [6.45, 7) is -0.255. The lowest BCUT2D eigenvalue weighted by molar-refractivity contribution is -0.139. The maximum Gasteiger partial charge on any atom is 0.325 e. The van der Waals surface area contributed by atoms with Crippen LogP contribution in [0.5, 0.6) is 0 Å². The molecule has 3 rings (SSSR count). The maximum absolute atomic E-state index is 13.5. The zero-order chi connectivity index (χ0) is 18.0. The second kappa shape index (κ2) is 6.68. The number of nitrogens with zero attached hydrogens (tertiary/aromatic N) is 3. The van der Waals surface area contributed by atoms with Crippen LogP contribution >= 0.6 is 0 Å². The molecule has 0 aliphatic carbocycles. The van der Waals surface area contributed by atoms with Gasteiger partial charge in [-0.15, -0.1) is 0 Å². The number of carbonyl (C=O) groups is 2. The summed E-state index contributed by atoms with van der Waals surface area (Å²) in [7, 11) is 2.93. The second-order valence-corrected chi connectivity index (χ2v) is 5.33. The number of aryl methyl sites for hydroxylation is 1. The molecule has 25 heavy (non-hydrogen) atoms. The molecule has 3 aromatic rings. The Labute approximate surface area is 142 Å². The molecular weight excluding hydrogens is 327 g/mol. The largest absolute Gasteiger partial charge is 0.468 e. The lowest BCUT2D eigenvalue weighted by atomic mass is 10.1. The predicted octanol–water partition coefficient (Wildman–Crippen LogP) is 1.68. The van der Waals surface area contributed by atoms with Crippen LogP contribution in [0.4, 0.5) is 4.39 Å². The monoisotopic (exact) mass is 342 g/mol. The van der Waals surface area contributed by atoms with Gasteiger partial charge >= 0.3 is 5.97 Å². The third-order valence-corrected chi connectivity index (χ3v) is 3.69. The molecular formula is C17H15FN4O3. The summed E-state index contributed by atoms with van der Waals surface area (Å²) < 4.78 is 19.6. The van der Waals surface area contributed by atoms with Crippen LogP contribution in [-0.4, -0.2) is 40.3 Å². The average molecular weight is 342 g/mol. The molecule has 0 unspecified atom stereocenters. The Balaban J connectivity index is 2.07. The number of amides is 1. The lowest BCUT2D eigenvalue weighted by Crippen LogP contribution is -2.30. The van der Waals surface area contributed by atoms with Gasteiger partial charge in [0.25, 0.3) is 5.91 Å². The van der Waals surface area contributed by atoms with Crippen molar-refractivity contribution in [2.24, 2.45) is 7.05 Å². The predicted molar refractivity (Wildman–Crippen MR) is 88.3 cm³/mol. The van der Waals surface area contributed by atoms with Crippen LogP contribution in [0.25, 0.3) is 22.3 Å². The number of hydrogen-bond acceptors (Lipinski definition) is 5. The summed E-state index contributed by atoms with van der Waals surface area (Å²) in [6.07, 6.45) is 1.52. The number of benzene rings is 1. The normalized spacial score (nSPS) is 10.7. The van der Waals surface area contributed by atoms with Gasteiger partial charge in [0, 0.05) is 12.6 Å². The Kier molecular flexibility index (Phi) is 4.42. The number of pyridine rings is 1. The fourth-order valence-corrected chi connectivity index (χ4v) is 2.42. The highest BCUT2D eigenvalue weighted by molar-refractivity contribution is 6.07. The number of halogens is 1. The first-order valence-electron chi connectivity index (χ1n) is 7.43. The van der Waals surface area contributed by atoms with Gasteiger partial charge in [0.15, 0.2) is 5.65 Å². The molecule has 0 aliphatic heterocycles. The highest BCUT2D eigenvalue weighted by Crippen LogP contribution is 2.25. The number of aromatic nitrogens is 3. The van der Waals surface area contributed by atoms with Crippen molar-refractivity contribution in [1.82, 2.24) is 20.1 Å². The minimum absolute atomic E-state index is 0.255. The first kappa shape index (κ1) is 16.6. The van der Waals surface area contributed by atoms with Crippen molar-refractivity contribution in [3.8, 4) is 11.3 Å². The number of ether oxygens (including phenoxy) is 1. The van der Waals surface area contributed by atoms with Crippen LogP contribution in [-0.2, 0) is 16.6 Å². The van der Waals surface area contributed by atoms with Gasteiger partial charge in [0.1, 0.15) is 12.4 Å². The molecule has 0 radical (unpaired) electrons. The van der Waals surface area contributed by atoms with E-state index in [-0.39, 0.29) is 6.54 Å². The molecule has 1 amide bonds. The van der Waals surface area contributed by atoms with Gasteiger partial charge in [-0.1, -0.05) is 12.1 Å². The molecule has 128 valence electrons. The fraction of sp³-hybridized carbons (Fsp3) is 0.176. The van der Waals surface area contributed by atoms with Crippen LogP contribution < -0.4 is 5.32 Å². The minimum Gasteiger partial charge on any atom is -0.468 e. The van der Waals surface area contributed by atoms with Crippen LogP contribution in [0.2, 0.25) is 0 Å². The van der Waals surface area contributed by atoms with E-state index in [1.807, 2.05) is 0 Å². The molecule has 7 nitrogen and oxygen atoms in total. The summed E-state index contributed by atoms with van der Waals surface area (Å²) in [5.74, 6) is -1.43. The van der Waals surface area contributed by atoms with Crippen molar-refractivity contribution in [3.05, 3.63) is 47.9 Å². The van der Waals surface area contributed by atoms with Gasteiger partial charge in [0.2, 0.25) is 0 Å². The number of fused-ring (bicyclic) bond motifs is 1. The maximum atomic E-state index is 13.5. The van der Waals surface area contributed by atoms with Gasteiger partial charge in [-0.25, -0.2) is 9.37 Å². The summed E-state index contributed by atoms with van der Waals surface area (Å²) in [4.78, 5) is 28.2. The van der Waals surface area contributed by atoms with Crippen LogP contribution in [0, 0.1) is 5.82 Å². The first-order chi connectivity index (χ1) is 12.0. The topological polar surface area (TPSA) is 86.1 Å². The number of methoxy groups -OCH3 is 1. The number of rotatable bonds is 4. The van der Waals surface area contributed by atoms with Gasteiger partial charge in [0.05, 0.1) is 30.0 Å². The zero-order valence-corrected chi connectivity index (χ0v) is 13.6. The Hall–Kier alpha value is -3.29. The summed E-state index contributed by atoms with van der Waals surface area (Å²) in [6, 6.07) is 7.47. The summed E-state index contributed by atoms with van der Waals surface area (Å²) in [5.41, 5.74) is 1.73. The van der Waals surface area contributed by atoms with E-state index in [9.17, 15) is 14.0 Å². The zero-order valence-electron chi connectivity index (χ0n) is 13.6. The Morgan fingerprint density at radius 3 is 2.84 bits per heavy atom. The van der Waals surface area contributed by atoms with Crippen LogP contribution in [0.15, 0.2) is 36.5 Å². The Morgan fingerprint density at radius 1 is 1.32 bits per heavy atom. The van der Waals surface area contributed by atoms with Gasteiger partial charge in [-0.3, -0.25) is 14.3 Å². The smallest absolute Gasteiger partial charge is 0.325 e. The van der Waals surface area contributed by atoms with Gasteiger partial charge in [-0.05, 0) is 18.2 Å². The number of hydrogen-bond donors (Lipinski definition) is 1. The highest BCUT2D eigenvalue weighted by atomic mass is 19.1. The Morgan fingerprint density at radius 2 is 2.12 bits per heavy atom. The van der Waals surface area contributed by atoms with Crippen molar-refractivity contribution in [2.45, 2.75) is 0 Å². The molecule has 0 bridgehead atoms. The highest BCUT2D eigenvalue weighted by Gasteiger charge is 2.17. The molecule has 2 heterocycles. The van der Waals surface area contributed by atoms with Crippen molar-refractivity contribution < 1.29 is 18.7 Å². The van der Waals surface area contributed by atoms with Crippen LogP contribution in [0.1, 0.15) is 10.4 Å². The quantitative estimate of drug-likeness (QED) is 0.729. The second-order valence-electron chi connectivity index (χ2n) is 5.33. The Bertz CT molecular complexity index is 968. The van der Waals surface area contributed by atoms with Crippen molar-refractivity contribution in [1.29, 1.82) is 0 Å². The number of esters is 1. The molecule has 1 N–H and O–H groups in total. The average Bonchev–Trinajstić information content (AvgIpc) is 2.99. The number of nitrogens with one attached hydrogen (secondary N) is 1. The molecule has 0 spiro atoms. The molecule has 0 saturated carbocycles. The van der Waals surface area contributed by atoms with E-state index in [1.54, 1.807) is 25.2 Å². The van der Waals surface area contributed by atoms with Gasteiger partial charge in [-0.2, -0.15) is 5.10 Å². The van der Waals surface area contributed by atoms with Crippen molar-refractivity contribution in [3.63, 3.8) is 0 Å². The third kappa shape index (κ3) is 3.32. The van der Waals surface area contributed by atoms with E-state index in [4.69, 9.17) is 0 Å². The van der Waals surface area contributed by atoms with Crippen LogP contribution in [0.3, 0.4) is 0 Å². The third-order valence-electron chi connectivity index (χ3n) is 3.69. The van der Waals surface area contributed by atoms with E-state index in [2.05, 4.69) is 20.1 Å². The molecule has 2 aromatic heterocycles. The SMILES string of the molecule is COC(=O)CNC(=O)c1cc(-c2cccc(F)c2)nc2c1cnn2C. The van der Waals surface area contributed by atoms with Crippen molar-refractivity contribution in [2.75, 3.05) is 13.7 Å². The molecule has 8 heteroatoms. The van der Waals surface area contributed by atoms with Crippen molar-refractivity contribution >= 4 is 22.9 Å². The van der Waals surface area contributed by atoms with E-state index in [1.165, 1.54) is 30.1 Å². The molecule has 0 aliphatic rings.